The van der Waals surface area contributed by atoms with Gasteiger partial charge in [0.25, 0.3) is 0 Å². The Morgan fingerprint density at radius 3 is 2.06 bits per heavy atom. The van der Waals surface area contributed by atoms with Gasteiger partial charge in [-0.3, -0.25) is 9.59 Å². The summed E-state index contributed by atoms with van der Waals surface area (Å²) < 4.78 is 0. The van der Waals surface area contributed by atoms with Gasteiger partial charge in [0.2, 0.25) is 11.8 Å². The van der Waals surface area contributed by atoms with Crippen LogP contribution >= 0.6 is 0 Å². The molecule has 0 saturated heterocycles. The number of carbonyl (C=O) groups excluding carboxylic acids is 2. The third-order valence-electron chi connectivity index (χ3n) is 2.43. The predicted molar refractivity (Wildman–Crippen MR) is 57.4 cm³/mol. The molecule has 2 amide bonds. The molecule has 0 fully saturated rings. The Balaban J connectivity index is 4.46. The lowest BCUT2D eigenvalue weighted by atomic mass is 9.97. The summed E-state index contributed by atoms with van der Waals surface area (Å²) in [6.45, 7) is 5.41. The van der Waals surface area contributed by atoms with Crippen molar-refractivity contribution in [2.75, 3.05) is 0 Å². The molecule has 0 bridgehead atoms. The quantitative estimate of drug-likeness (QED) is 0.583. The Bertz CT molecular complexity index is 289. The van der Waals surface area contributed by atoms with Crippen molar-refractivity contribution in [1.29, 1.82) is 0 Å². The molecule has 0 spiro atoms. The second kappa shape index (κ2) is 6.09. The van der Waals surface area contributed by atoms with Crippen molar-refractivity contribution in [3.8, 4) is 0 Å². The second-order valence-electron chi connectivity index (χ2n) is 4.10. The lowest BCUT2D eigenvalue weighted by Crippen LogP contribution is -2.46. The van der Waals surface area contributed by atoms with Crippen LogP contribution in [0.5, 0.6) is 0 Å². The van der Waals surface area contributed by atoms with Crippen LogP contribution in [-0.2, 0) is 14.4 Å². The predicted octanol–water partition coefficient (Wildman–Crippen LogP) is -0.277. The number of amides is 2. The Morgan fingerprint density at radius 1 is 1.25 bits per heavy atom. The average molecular weight is 230 g/mol. The normalized spacial score (nSPS) is 14.2. The largest absolute Gasteiger partial charge is 0.480 e. The van der Waals surface area contributed by atoms with E-state index in [1.54, 1.807) is 6.92 Å². The summed E-state index contributed by atoms with van der Waals surface area (Å²) in [4.78, 5) is 32.9. The van der Waals surface area contributed by atoms with Crippen LogP contribution in [0.2, 0.25) is 0 Å². The molecule has 0 aliphatic heterocycles. The Kier molecular flexibility index (Phi) is 5.49. The molecule has 16 heavy (non-hydrogen) atoms. The number of aliphatic carboxylic acids is 1. The van der Waals surface area contributed by atoms with E-state index in [0.29, 0.717) is 0 Å². The Labute approximate surface area is 94.2 Å². The Morgan fingerprint density at radius 2 is 1.75 bits per heavy atom. The van der Waals surface area contributed by atoms with Crippen LogP contribution in [-0.4, -0.2) is 28.9 Å². The van der Waals surface area contributed by atoms with Crippen LogP contribution in [0.15, 0.2) is 0 Å². The van der Waals surface area contributed by atoms with Gasteiger partial charge in [0.05, 0.1) is 6.42 Å². The van der Waals surface area contributed by atoms with Crippen LogP contribution in [0.25, 0.3) is 0 Å². The maximum Gasteiger partial charge on any atom is 0.326 e. The fourth-order valence-electron chi connectivity index (χ4n) is 1.01. The highest BCUT2D eigenvalue weighted by molar-refractivity contribution is 5.88. The zero-order valence-electron chi connectivity index (χ0n) is 9.69. The van der Waals surface area contributed by atoms with Gasteiger partial charge in [-0.1, -0.05) is 20.8 Å². The highest BCUT2D eigenvalue weighted by Crippen LogP contribution is 2.10. The fraction of sp³-hybridized carbons (Fsp3) is 0.700. The van der Waals surface area contributed by atoms with Crippen molar-refractivity contribution in [2.45, 2.75) is 33.2 Å². The third kappa shape index (κ3) is 4.77. The molecule has 0 aliphatic carbocycles. The van der Waals surface area contributed by atoms with E-state index >= 15 is 0 Å². The van der Waals surface area contributed by atoms with Gasteiger partial charge in [0.1, 0.15) is 6.04 Å². The van der Waals surface area contributed by atoms with Gasteiger partial charge in [-0.05, 0) is 5.92 Å². The maximum absolute atomic E-state index is 11.6. The molecule has 6 heteroatoms. The lowest BCUT2D eigenvalue weighted by molar-refractivity contribution is -0.144. The Hall–Kier alpha value is -1.59. The van der Waals surface area contributed by atoms with Crippen molar-refractivity contribution in [3.05, 3.63) is 0 Å². The summed E-state index contributed by atoms with van der Waals surface area (Å²) in [5.74, 6) is -2.62. The van der Waals surface area contributed by atoms with E-state index in [0.717, 1.165) is 0 Å². The summed E-state index contributed by atoms with van der Waals surface area (Å²) in [6.07, 6.45) is -0.397. The minimum Gasteiger partial charge on any atom is -0.480 e. The number of rotatable bonds is 6. The molecule has 0 aromatic heterocycles. The molecule has 92 valence electrons. The number of hydrogen-bond acceptors (Lipinski definition) is 3. The van der Waals surface area contributed by atoms with Gasteiger partial charge in [-0.2, -0.15) is 0 Å². The first-order chi connectivity index (χ1) is 7.25. The zero-order valence-corrected chi connectivity index (χ0v) is 9.69. The van der Waals surface area contributed by atoms with E-state index in [-0.39, 0.29) is 17.7 Å². The zero-order chi connectivity index (χ0) is 12.9. The minimum absolute atomic E-state index is 0.100. The number of carboxylic acids is 1. The van der Waals surface area contributed by atoms with Crippen molar-refractivity contribution in [2.24, 2.45) is 17.6 Å². The summed E-state index contributed by atoms with van der Waals surface area (Å²) in [5.41, 5.74) is 4.89. The molecule has 0 rings (SSSR count). The molecular formula is C10H18N2O4. The smallest absolute Gasteiger partial charge is 0.326 e. The highest BCUT2D eigenvalue weighted by atomic mass is 16.4. The highest BCUT2D eigenvalue weighted by Gasteiger charge is 2.25. The van der Waals surface area contributed by atoms with Crippen LogP contribution in [0.1, 0.15) is 27.2 Å². The van der Waals surface area contributed by atoms with Gasteiger partial charge in [0.15, 0.2) is 0 Å². The van der Waals surface area contributed by atoms with E-state index in [4.69, 9.17) is 10.8 Å². The summed E-state index contributed by atoms with van der Waals surface area (Å²) >= 11 is 0. The molecule has 1 unspecified atom stereocenters. The molecule has 0 aromatic rings. The summed E-state index contributed by atoms with van der Waals surface area (Å²) in [6, 6.07) is -1.24. The van der Waals surface area contributed by atoms with E-state index in [9.17, 15) is 14.4 Å². The van der Waals surface area contributed by atoms with E-state index in [1.165, 1.54) is 0 Å². The first kappa shape index (κ1) is 14.4. The van der Waals surface area contributed by atoms with E-state index in [2.05, 4.69) is 5.32 Å². The first-order valence-electron chi connectivity index (χ1n) is 5.07. The first-order valence-corrected chi connectivity index (χ1v) is 5.07. The van der Waals surface area contributed by atoms with Gasteiger partial charge >= 0.3 is 5.97 Å². The molecular weight excluding hydrogens is 212 g/mol. The average Bonchev–Trinajstić information content (AvgIpc) is 2.14. The SMILES string of the molecule is CC(C)C(C)C(=O)N[C@@H](CC(N)=O)C(=O)O. The van der Waals surface area contributed by atoms with Crippen molar-refractivity contribution in [3.63, 3.8) is 0 Å². The van der Waals surface area contributed by atoms with Crippen LogP contribution in [0.3, 0.4) is 0 Å². The number of carboxylic acid groups (broad SMARTS) is 1. The van der Waals surface area contributed by atoms with Gasteiger partial charge in [-0.25, -0.2) is 4.79 Å². The molecule has 0 radical (unpaired) electrons. The molecule has 0 saturated carbocycles. The molecule has 0 heterocycles. The van der Waals surface area contributed by atoms with E-state index in [1.807, 2.05) is 13.8 Å². The van der Waals surface area contributed by atoms with Crippen LogP contribution in [0.4, 0.5) is 0 Å². The molecule has 0 aliphatic rings. The lowest BCUT2D eigenvalue weighted by Gasteiger charge is -2.18. The number of nitrogens with two attached hydrogens (primary N) is 1. The topological polar surface area (TPSA) is 109 Å². The third-order valence-corrected chi connectivity index (χ3v) is 2.43. The van der Waals surface area contributed by atoms with E-state index < -0.39 is 24.3 Å². The van der Waals surface area contributed by atoms with Crippen molar-refractivity contribution < 1.29 is 19.5 Å². The molecule has 2 atom stereocenters. The van der Waals surface area contributed by atoms with Crippen molar-refractivity contribution in [1.82, 2.24) is 5.32 Å². The summed E-state index contributed by atoms with van der Waals surface area (Å²) in [7, 11) is 0. The van der Waals surface area contributed by atoms with Gasteiger partial charge in [-0.15, -0.1) is 0 Å². The van der Waals surface area contributed by atoms with Crippen LogP contribution in [0, 0.1) is 11.8 Å². The van der Waals surface area contributed by atoms with Gasteiger partial charge in [0, 0.05) is 5.92 Å². The standard InChI is InChI=1S/C10H18N2O4/c1-5(2)6(3)9(14)12-7(10(15)16)4-8(11)13/h5-7H,4H2,1-3H3,(H2,11,13)(H,12,14)(H,15,16)/t6?,7-/m0/s1. The fourth-order valence-corrected chi connectivity index (χ4v) is 1.01. The number of nitrogens with one attached hydrogen (secondary N) is 1. The molecule has 0 aromatic carbocycles. The monoisotopic (exact) mass is 230 g/mol. The maximum atomic E-state index is 11.6. The van der Waals surface area contributed by atoms with Crippen LogP contribution < -0.4 is 11.1 Å². The molecule has 6 nitrogen and oxygen atoms in total. The second-order valence-corrected chi connectivity index (χ2v) is 4.10. The number of carbonyl (C=O) groups is 3. The van der Waals surface area contributed by atoms with Crippen molar-refractivity contribution >= 4 is 17.8 Å². The number of primary amides is 1. The molecule has 4 N–H and O–H groups in total. The number of hydrogen-bond donors (Lipinski definition) is 3. The van der Waals surface area contributed by atoms with Gasteiger partial charge < -0.3 is 16.2 Å². The minimum atomic E-state index is -1.26. The summed E-state index contributed by atoms with van der Waals surface area (Å²) in [5, 5.41) is 11.1.